The lowest BCUT2D eigenvalue weighted by Gasteiger charge is -2.42. The van der Waals surface area contributed by atoms with E-state index in [1.54, 1.807) is 20.1 Å². The fourth-order valence-corrected chi connectivity index (χ4v) is 7.68. The minimum atomic E-state index is -0.784. The van der Waals surface area contributed by atoms with E-state index < -0.39 is 5.54 Å². The van der Waals surface area contributed by atoms with Crippen molar-refractivity contribution < 1.29 is 23.8 Å². The lowest BCUT2D eigenvalue weighted by atomic mass is 9.75. The zero-order valence-corrected chi connectivity index (χ0v) is 28.2. The van der Waals surface area contributed by atoms with Gasteiger partial charge in [0.15, 0.2) is 0 Å². The number of hydrogen-bond acceptors (Lipinski definition) is 6. The van der Waals surface area contributed by atoms with Crippen molar-refractivity contribution in [3.63, 3.8) is 0 Å². The second-order valence-corrected chi connectivity index (χ2v) is 13.4. The molecule has 2 aliphatic carbocycles. The molecule has 0 radical (unpaired) electrons. The average Bonchev–Trinajstić information content (AvgIpc) is 3.25. The van der Waals surface area contributed by atoms with E-state index in [2.05, 4.69) is 40.3 Å². The van der Waals surface area contributed by atoms with Crippen LogP contribution < -0.4 is 20.1 Å². The van der Waals surface area contributed by atoms with Crippen molar-refractivity contribution >= 4 is 40.2 Å². The summed E-state index contributed by atoms with van der Waals surface area (Å²) in [6.07, 6.45) is 11.6. The molecule has 1 aromatic heterocycles. The molecule has 1 aliphatic heterocycles. The van der Waals surface area contributed by atoms with Gasteiger partial charge in [-0.05, 0) is 92.8 Å². The Morgan fingerprint density at radius 1 is 1.02 bits per heavy atom. The number of aryl methyl sites for hydroxylation is 1. The molecule has 0 spiro atoms. The maximum atomic E-state index is 14.1. The number of methoxy groups -OCH3 is 1. The van der Waals surface area contributed by atoms with Crippen molar-refractivity contribution in [2.24, 2.45) is 0 Å². The molecule has 250 valence electrons. The molecule has 0 bridgehead atoms. The summed E-state index contributed by atoms with van der Waals surface area (Å²) in [6, 6.07) is 18.3. The first-order valence-corrected chi connectivity index (χ1v) is 17.4. The van der Waals surface area contributed by atoms with Crippen LogP contribution in [0.5, 0.6) is 11.5 Å². The van der Waals surface area contributed by atoms with Gasteiger partial charge in [0, 0.05) is 34.8 Å². The lowest BCUT2D eigenvalue weighted by Crippen LogP contribution is -2.55. The Balaban J connectivity index is 1.26. The number of ether oxygens (including phenoxy) is 3. The molecule has 2 heterocycles. The summed E-state index contributed by atoms with van der Waals surface area (Å²) in [4.78, 5) is 25.8. The Morgan fingerprint density at radius 2 is 1.81 bits per heavy atom. The quantitative estimate of drug-likeness (QED) is 0.140. The number of nitrogens with one attached hydrogen (secondary N) is 2. The predicted octanol–water partition coefficient (Wildman–Crippen LogP) is 8.62. The van der Waals surface area contributed by atoms with Gasteiger partial charge in [-0.15, -0.1) is 0 Å². The first kappa shape index (κ1) is 31.9. The summed E-state index contributed by atoms with van der Waals surface area (Å²) in [6.45, 7) is 5.56. The lowest BCUT2D eigenvalue weighted by molar-refractivity contribution is -0.137. The highest BCUT2D eigenvalue weighted by atomic mass is 16.5. The number of benzene rings is 3. The number of anilines is 2. The Bertz CT molecular complexity index is 1860. The molecule has 8 nitrogen and oxygen atoms in total. The molecule has 1 amide bonds. The van der Waals surface area contributed by atoms with Crippen LogP contribution in [-0.4, -0.2) is 42.3 Å². The van der Waals surface area contributed by atoms with Gasteiger partial charge >= 0.3 is 5.97 Å². The number of amides is 1. The molecule has 2 fully saturated rings. The van der Waals surface area contributed by atoms with Gasteiger partial charge in [-0.25, -0.2) is 4.79 Å². The molecule has 0 unspecified atom stereocenters. The Kier molecular flexibility index (Phi) is 8.90. The van der Waals surface area contributed by atoms with E-state index in [0.29, 0.717) is 43.4 Å². The van der Waals surface area contributed by atoms with Crippen LogP contribution in [0, 0.1) is 6.92 Å². The Hall–Kier alpha value is -4.72. The number of aromatic nitrogens is 1. The standard InChI is InChI=1S/C40H45N3O5/c1-4-47-35(44)18-14-27-12-15-29(16-13-27)41-39(45)40(19-8-20-40)42-32-24-30(46-3)25-34-37(32)38-36(28-9-6-5-7-10-28)31-17-11-26(2)23-33(31)43(38)21-22-48-34/h11-18,23-25,28,42H,4-10,19-22H2,1-3H3,(H,41,45). The van der Waals surface area contributed by atoms with E-state index in [9.17, 15) is 9.59 Å². The maximum Gasteiger partial charge on any atom is 0.330 e. The molecule has 4 aromatic rings. The van der Waals surface area contributed by atoms with Gasteiger partial charge in [-0.2, -0.15) is 0 Å². The van der Waals surface area contributed by atoms with Crippen LogP contribution in [0.3, 0.4) is 0 Å². The SMILES string of the molecule is CCOC(=O)C=Cc1ccc(NC(=O)C2(Nc3cc(OC)cc4c3-c3c(C5CCCCC5)c5ccc(C)cc5n3CCO4)CCC2)cc1. The molecule has 8 heteroatoms. The molecule has 3 aliphatic rings. The average molecular weight is 648 g/mol. The van der Waals surface area contributed by atoms with E-state index in [1.807, 2.05) is 36.4 Å². The van der Waals surface area contributed by atoms with Crippen LogP contribution in [0.1, 0.15) is 80.9 Å². The third kappa shape index (κ3) is 6.04. The number of carbonyl (C=O) groups excluding carboxylic acids is 2. The molecule has 2 N–H and O–H groups in total. The summed E-state index contributed by atoms with van der Waals surface area (Å²) in [5.74, 6) is 1.50. The number of fused-ring (bicyclic) bond motifs is 5. The zero-order chi connectivity index (χ0) is 33.3. The first-order valence-electron chi connectivity index (χ1n) is 17.4. The van der Waals surface area contributed by atoms with Crippen molar-refractivity contribution in [3.8, 4) is 22.8 Å². The number of hydrogen-bond donors (Lipinski definition) is 2. The first-order chi connectivity index (χ1) is 23.4. The fraction of sp³-hybridized carbons (Fsp3) is 0.400. The van der Waals surface area contributed by atoms with Gasteiger partial charge in [-0.1, -0.05) is 43.5 Å². The Labute approximate surface area is 282 Å². The molecular formula is C40H45N3O5. The van der Waals surface area contributed by atoms with Gasteiger partial charge in [0.05, 0.1) is 37.2 Å². The second-order valence-electron chi connectivity index (χ2n) is 13.4. The number of esters is 1. The third-order valence-electron chi connectivity index (χ3n) is 10.3. The minimum Gasteiger partial charge on any atom is -0.497 e. The van der Waals surface area contributed by atoms with Gasteiger partial charge in [0.25, 0.3) is 0 Å². The van der Waals surface area contributed by atoms with Gasteiger partial charge in [0.1, 0.15) is 23.6 Å². The summed E-state index contributed by atoms with van der Waals surface area (Å²) in [5.41, 5.74) is 7.74. The van der Waals surface area contributed by atoms with Crippen LogP contribution in [0.2, 0.25) is 0 Å². The van der Waals surface area contributed by atoms with E-state index in [4.69, 9.17) is 14.2 Å². The third-order valence-corrected chi connectivity index (χ3v) is 10.3. The monoisotopic (exact) mass is 647 g/mol. The highest BCUT2D eigenvalue weighted by molar-refractivity contribution is 6.03. The van der Waals surface area contributed by atoms with E-state index in [0.717, 1.165) is 35.5 Å². The van der Waals surface area contributed by atoms with Gasteiger partial charge in [0.2, 0.25) is 5.91 Å². The fourth-order valence-electron chi connectivity index (χ4n) is 7.68. The van der Waals surface area contributed by atoms with Crippen LogP contribution in [0.4, 0.5) is 11.4 Å². The van der Waals surface area contributed by atoms with Crippen molar-refractivity contribution in [1.29, 1.82) is 0 Å². The van der Waals surface area contributed by atoms with Crippen molar-refractivity contribution in [1.82, 2.24) is 4.57 Å². The zero-order valence-electron chi connectivity index (χ0n) is 28.2. The second kappa shape index (κ2) is 13.4. The molecular weight excluding hydrogens is 602 g/mol. The maximum absolute atomic E-state index is 14.1. The summed E-state index contributed by atoms with van der Waals surface area (Å²) in [7, 11) is 1.67. The molecule has 48 heavy (non-hydrogen) atoms. The normalized spacial score (nSPS) is 17.1. The number of carbonyl (C=O) groups is 2. The topological polar surface area (TPSA) is 90.8 Å². The number of rotatable bonds is 9. The summed E-state index contributed by atoms with van der Waals surface area (Å²) < 4.78 is 19.7. The molecule has 0 atom stereocenters. The number of nitrogens with zero attached hydrogens (tertiary/aromatic N) is 1. The van der Waals surface area contributed by atoms with Crippen molar-refractivity contribution in [2.45, 2.75) is 83.2 Å². The van der Waals surface area contributed by atoms with Crippen LogP contribution >= 0.6 is 0 Å². The summed E-state index contributed by atoms with van der Waals surface area (Å²) in [5, 5.41) is 8.27. The van der Waals surface area contributed by atoms with Gasteiger partial charge in [-0.3, -0.25) is 4.79 Å². The Morgan fingerprint density at radius 3 is 2.52 bits per heavy atom. The van der Waals surface area contributed by atoms with Gasteiger partial charge < -0.3 is 29.4 Å². The van der Waals surface area contributed by atoms with Crippen LogP contribution in [-0.2, 0) is 20.9 Å². The molecule has 2 saturated carbocycles. The minimum absolute atomic E-state index is 0.0710. The highest BCUT2D eigenvalue weighted by Crippen LogP contribution is 2.52. The van der Waals surface area contributed by atoms with Crippen LogP contribution in [0.15, 0.2) is 60.7 Å². The summed E-state index contributed by atoms with van der Waals surface area (Å²) >= 11 is 0. The largest absolute Gasteiger partial charge is 0.497 e. The van der Waals surface area contributed by atoms with E-state index in [1.165, 1.54) is 65.9 Å². The molecule has 3 aromatic carbocycles. The highest BCUT2D eigenvalue weighted by Gasteiger charge is 2.45. The van der Waals surface area contributed by atoms with Crippen LogP contribution in [0.25, 0.3) is 28.2 Å². The van der Waals surface area contributed by atoms with E-state index in [-0.39, 0.29) is 11.9 Å². The molecule has 0 saturated heterocycles. The predicted molar refractivity (Wildman–Crippen MR) is 191 cm³/mol. The van der Waals surface area contributed by atoms with Crippen molar-refractivity contribution in [3.05, 3.63) is 77.4 Å². The van der Waals surface area contributed by atoms with E-state index >= 15 is 0 Å². The van der Waals surface area contributed by atoms with Crippen molar-refractivity contribution in [2.75, 3.05) is 31.0 Å². The smallest absolute Gasteiger partial charge is 0.330 e. The molecule has 7 rings (SSSR count).